The van der Waals surface area contributed by atoms with Crippen LogP contribution in [0.5, 0.6) is 0 Å². The summed E-state index contributed by atoms with van der Waals surface area (Å²) < 4.78 is 4.99. The molecule has 2 aromatic rings. The number of aromatic nitrogens is 1. The van der Waals surface area contributed by atoms with Crippen molar-refractivity contribution in [1.29, 1.82) is 0 Å². The standard InChI is InChI=1S/C18H20ClN3O5/c19-12-3-1-11(2-4-12)8-20-18(26)16-6-14(24)9-22(16)17(25)7-15-5-13(10-23)21-27-15/h1-5,14,16,23-24H,6-10H2,(H,20,26)/t14-,16+/m1/s1. The van der Waals surface area contributed by atoms with E-state index in [4.69, 9.17) is 21.2 Å². The number of nitrogens with zero attached hydrogens (tertiary/aromatic N) is 2. The quantitative estimate of drug-likeness (QED) is 0.663. The van der Waals surface area contributed by atoms with E-state index in [1.165, 1.54) is 11.0 Å². The van der Waals surface area contributed by atoms with Crippen LogP contribution in [-0.4, -0.2) is 50.8 Å². The van der Waals surface area contributed by atoms with Crippen molar-refractivity contribution in [3.05, 3.63) is 52.4 Å². The van der Waals surface area contributed by atoms with Gasteiger partial charge in [-0.25, -0.2) is 0 Å². The monoisotopic (exact) mass is 393 g/mol. The average Bonchev–Trinajstić information content (AvgIpc) is 3.27. The molecule has 0 spiro atoms. The summed E-state index contributed by atoms with van der Waals surface area (Å²) in [4.78, 5) is 26.4. The minimum Gasteiger partial charge on any atom is -0.391 e. The van der Waals surface area contributed by atoms with Gasteiger partial charge in [-0.15, -0.1) is 0 Å². The average molecular weight is 394 g/mol. The lowest BCUT2D eigenvalue weighted by Gasteiger charge is -2.23. The fraction of sp³-hybridized carbons (Fsp3) is 0.389. The van der Waals surface area contributed by atoms with Gasteiger partial charge in [-0.3, -0.25) is 9.59 Å². The molecule has 1 fully saturated rings. The first kappa shape index (κ1) is 19.3. The predicted molar refractivity (Wildman–Crippen MR) is 95.6 cm³/mol. The van der Waals surface area contributed by atoms with Crippen LogP contribution in [0.25, 0.3) is 0 Å². The maximum atomic E-state index is 12.6. The second-order valence-corrected chi connectivity index (χ2v) is 6.85. The van der Waals surface area contributed by atoms with Gasteiger partial charge >= 0.3 is 0 Å². The minimum atomic E-state index is -0.761. The van der Waals surface area contributed by atoms with Gasteiger partial charge < -0.3 is 25.0 Å². The number of aliphatic hydroxyl groups excluding tert-OH is 2. The number of likely N-dealkylation sites (tertiary alicyclic amines) is 1. The lowest BCUT2D eigenvalue weighted by molar-refractivity contribution is -0.138. The van der Waals surface area contributed by atoms with Crippen molar-refractivity contribution in [2.45, 2.75) is 38.1 Å². The molecule has 1 aliphatic rings. The molecule has 0 radical (unpaired) electrons. The van der Waals surface area contributed by atoms with Crippen LogP contribution < -0.4 is 5.32 Å². The molecule has 1 aliphatic heterocycles. The third kappa shape index (κ3) is 4.85. The molecule has 0 unspecified atom stereocenters. The van der Waals surface area contributed by atoms with Gasteiger partial charge in [0.15, 0.2) is 0 Å². The number of halogens is 1. The van der Waals surface area contributed by atoms with E-state index in [0.29, 0.717) is 23.0 Å². The van der Waals surface area contributed by atoms with Crippen molar-refractivity contribution in [2.24, 2.45) is 0 Å². The smallest absolute Gasteiger partial charge is 0.243 e. The van der Waals surface area contributed by atoms with Crippen LogP contribution in [0, 0.1) is 0 Å². The van der Waals surface area contributed by atoms with Gasteiger partial charge in [0.2, 0.25) is 11.8 Å². The molecule has 2 amide bonds. The molecule has 9 heteroatoms. The summed E-state index contributed by atoms with van der Waals surface area (Å²) in [5.74, 6) is -0.381. The molecule has 144 valence electrons. The number of amides is 2. The lowest BCUT2D eigenvalue weighted by Crippen LogP contribution is -2.46. The van der Waals surface area contributed by atoms with Crippen LogP contribution in [-0.2, 0) is 29.2 Å². The highest BCUT2D eigenvalue weighted by molar-refractivity contribution is 6.30. The number of hydrogen-bond donors (Lipinski definition) is 3. The van der Waals surface area contributed by atoms with Gasteiger partial charge in [-0.1, -0.05) is 28.9 Å². The number of nitrogens with one attached hydrogen (secondary N) is 1. The first-order valence-electron chi connectivity index (χ1n) is 8.51. The second-order valence-electron chi connectivity index (χ2n) is 6.42. The van der Waals surface area contributed by atoms with Crippen molar-refractivity contribution in [1.82, 2.24) is 15.4 Å². The third-order valence-electron chi connectivity index (χ3n) is 4.38. The summed E-state index contributed by atoms with van der Waals surface area (Å²) in [6, 6.07) is 7.81. The Morgan fingerprint density at radius 1 is 1.33 bits per heavy atom. The Bertz CT molecular complexity index is 808. The van der Waals surface area contributed by atoms with E-state index in [1.54, 1.807) is 24.3 Å². The second kappa shape index (κ2) is 8.51. The minimum absolute atomic E-state index is 0.0822. The molecule has 2 heterocycles. The first-order valence-corrected chi connectivity index (χ1v) is 8.89. The summed E-state index contributed by atoms with van der Waals surface area (Å²) >= 11 is 5.84. The third-order valence-corrected chi connectivity index (χ3v) is 4.63. The number of hydrogen-bond acceptors (Lipinski definition) is 6. The Hall–Kier alpha value is -2.42. The van der Waals surface area contributed by atoms with Crippen LogP contribution >= 0.6 is 11.6 Å². The highest BCUT2D eigenvalue weighted by atomic mass is 35.5. The number of β-amino-alcohol motifs (C(OH)–C–C–N with tert-alkyl or cyclic N) is 1. The summed E-state index contributed by atoms with van der Waals surface area (Å²) in [6.45, 7) is 0.0985. The molecule has 0 saturated carbocycles. The van der Waals surface area contributed by atoms with Gasteiger partial charge in [-0.2, -0.15) is 0 Å². The highest BCUT2D eigenvalue weighted by Crippen LogP contribution is 2.20. The van der Waals surface area contributed by atoms with Crippen molar-refractivity contribution >= 4 is 23.4 Å². The number of rotatable bonds is 6. The zero-order chi connectivity index (χ0) is 19.4. The molecule has 1 saturated heterocycles. The fourth-order valence-corrected chi connectivity index (χ4v) is 3.14. The summed E-state index contributed by atoms with van der Waals surface area (Å²) in [7, 11) is 0. The lowest BCUT2D eigenvalue weighted by atomic mass is 10.1. The van der Waals surface area contributed by atoms with Crippen LogP contribution in [0.1, 0.15) is 23.4 Å². The van der Waals surface area contributed by atoms with Crippen molar-refractivity contribution in [3.8, 4) is 0 Å². The molecule has 0 aliphatic carbocycles. The Morgan fingerprint density at radius 3 is 2.74 bits per heavy atom. The van der Waals surface area contributed by atoms with E-state index in [-0.39, 0.29) is 37.8 Å². The molecular formula is C18H20ClN3O5. The van der Waals surface area contributed by atoms with Gasteiger partial charge in [-0.05, 0) is 17.7 Å². The molecule has 1 aromatic heterocycles. The Labute approximate surface area is 160 Å². The SMILES string of the molecule is O=C(NCc1ccc(Cl)cc1)[C@@H]1C[C@@H](O)CN1C(=O)Cc1cc(CO)no1. The summed E-state index contributed by atoms with van der Waals surface area (Å²) in [6.07, 6.45) is -0.681. The Balaban J connectivity index is 1.61. The molecule has 2 atom stereocenters. The number of benzene rings is 1. The van der Waals surface area contributed by atoms with Crippen LogP contribution in [0.3, 0.4) is 0 Å². The highest BCUT2D eigenvalue weighted by Gasteiger charge is 2.38. The molecule has 8 nitrogen and oxygen atoms in total. The van der Waals surface area contributed by atoms with E-state index in [0.717, 1.165) is 5.56 Å². The van der Waals surface area contributed by atoms with Crippen molar-refractivity contribution < 1.29 is 24.3 Å². The maximum Gasteiger partial charge on any atom is 0.243 e. The molecule has 0 bridgehead atoms. The predicted octanol–water partition coefficient (Wildman–Crippen LogP) is 0.641. The van der Waals surface area contributed by atoms with E-state index in [2.05, 4.69) is 10.5 Å². The molecule has 3 rings (SSSR count). The molecule has 1 aromatic carbocycles. The summed E-state index contributed by atoms with van der Waals surface area (Å²) in [5, 5.41) is 26.0. The maximum absolute atomic E-state index is 12.6. The Morgan fingerprint density at radius 2 is 2.07 bits per heavy atom. The van der Waals surface area contributed by atoms with E-state index in [1.807, 2.05) is 0 Å². The van der Waals surface area contributed by atoms with Crippen LogP contribution in [0.2, 0.25) is 5.02 Å². The van der Waals surface area contributed by atoms with Crippen molar-refractivity contribution in [2.75, 3.05) is 6.54 Å². The van der Waals surface area contributed by atoms with E-state index < -0.39 is 12.1 Å². The summed E-state index contributed by atoms with van der Waals surface area (Å²) in [5.41, 5.74) is 1.21. The first-order chi connectivity index (χ1) is 13.0. The largest absolute Gasteiger partial charge is 0.391 e. The molecule has 27 heavy (non-hydrogen) atoms. The van der Waals surface area contributed by atoms with Gasteiger partial charge in [0.25, 0.3) is 0 Å². The van der Waals surface area contributed by atoms with Gasteiger partial charge in [0.05, 0.1) is 19.1 Å². The normalized spacial score (nSPS) is 19.3. The van der Waals surface area contributed by atoms with Gasteiger partial charge in [0, 0.05) is 30.6 Å². The number of aliphatic hydroxyl groups is 2. The van der Waals surface area contributed by atoms with E-state index in [9.17, 15) is 14.7 Å². The van der Waals surface area contributed by atoms with Crippen LogP contribution in [0.4, 0.5) is 0 Å². The topological polar surface area (TPSA) is 116 Å². The number of carbonyl (C=O) groups excluding carboxylic acids is 2. The van der Waals surface area contributed by atoms with Crippen LogP contribution in [0.15, 0.2) is 34.9 Å². The molecule has 3 N–H and O–H groups in total. The number of carbonyl (C=O) groups is 2. The Kier molecular flexibility index (Phi) is 6.10. The van der Waals surface area contributed by atoms with Crippen molar-refractivity contribution in [3.63, 3.8) is 0 Å². The van der Waals surface area contributed by atoms with E-state index >= 15 is 0 Å². The molecular weight excluding hydrogens is 374 g/mol. The van der Waals surface area contributed by atoms with Gasteiger partial charge in [0.1, 0.15) is 17.5 Å². The fourth-order valence-electron chi connectivity index (χ4n) is 3.01. The zero-order valence-electron chi connectivity index (χ0n) is 14.5. The zero-order valence-corrected chi connectivity index (χ0v) is 15.2.